The van der Waals surface area contributed by atoms with Gasteiger partial charge in [-0.1, -0.05) is 45.0 Å². The quantitative estimate of drug-likeness (QED) is 0.628. The lowest BCUT2D eigenvalue weighted by molar-refractivity contribution is -0.123. The maximum atomic E-state index is 12.8. The molecule has 3 heterocycles. The standard InChI is InChI=1S/C25H29N3O3S/c1-25(2,3)20-6-4-19(5-7-20)21-16-18(8-9-26-21)17-22-23(29)28(24(30)32-22)11-10-27-12-14-31-15-13-27/h4-9,16-17H,10-15H2,1-3H3/b22-17-. The number of hydrogen-bond acceptors (Lipinski definition) is 6. The molecule has 2 aliphatic rings. The minimum absolute atomic E-state index is 0.0957. The molecule has 0 N–H and O–H groups in total. The summed E-state index contributed by atoms with van der Waals surface area (Å²) in [5.74, 6) is -0.221. The highest BCUT2D eigenvalue weighted by atomic mass is 32.2. The number of ether oxygens (including phenoxy) is 1. The number of rotatable bonds is 5. The van der Waals surface area contributed by atoms with Crippen LogP contribution in [0.1, 0.15) is 31.9 Å². The summed E-state index contributed by atoms with van der Waals surface area (Å²) in [6.45, 7) is 10.7. The van der Waals surface area contributed by atoms with Crippen LogP contribution in [0.15, 0.2) is 47.5 Å². The molecule has 0 saturated carbocycles. The van der Waals surface area contributed by atoms with Crippen molar-refractivity contribution in [2.75, 3.05) is 39.4 Å². The van der Waals surface area contributed by atoms with Crippen LogP contribution in [-0.2, 0) is 14.9 Å². The number of pyridine rings is 1. The van der Waals surface area contributed by atoms with E-state index >= 15 is 0 Å². The van der Waals surface area contributed by atoms with E-state index < -0.39 is 0 Å². The topological polar surface area (TPSA) is 62.7 Å². The largest absolute Gasteiger partial charge is 0.379 e. The summed E-state index contributed by atoms with van der Waals surface area (Å²) >= 11 is 1.00. The summed E-state index contributed by atoms with van der Waals surface area (Å²) in [7, 11) is 0. The number of benzene rings is 1. The normalized spacial score (nSPS) is 19.2. The minimum Gasteiger partial charge on any atom is -0.379 e. The van der Waals surface area contributed by atoms with E-state index in [0.29, 0.717) is 31.2 Å². The van der Waals surface area contributed by atoms with Crippen LogP contribution in [0.25, 0.3) is 17.3 Å². The van der Waals surface area contributed by atoms with Gasteiger partial charge in [0.25, 0.3) is 11.1 Å². The molecule has 0 unspecified atom stereocenters. The summed E-state index contributed by atoms with van der Waals surface area (Å²) in [4.78, 5) is 33.8. The highest BCUT2D eigenvalue weighted by Gasteiger charge is 2.35. The van der Waals surface area contributed by atoms with Gasteiger partial charge < -0.3 is 4.74 Å². The zero-order valence-corrected chi connectivity index (χ0v) is 19.7. The molecule has 6 nitrogen and oxygen atoms in total. The van der Waals surface area contributed by atoms with E-state index in [1.54, 1.807) is 12.3 Å². The van der Waals surface area contributed by atoms with Crippen LogP contribution in [0.5, 0.6) is 0 Å². The van der Waals surface area contributed by atoms with Crippen LogP contribution < -0.4 is 0 Å². The maximum Gasteiger partial charge on any atom is 0.293 e. The second kappa shape index (κ2) is 9.57. The molecule has 0 bridgehead atoms. The predicted octanol–water partition coefficient (Wildman–Crippen LogP) is 4.41. The van der Waals surface area contributed by atoms with Gasteiger partial charge in [0.15, 0.2) is 0 Å². The molecule has 32 heavy (non-hydrogen) atoms. The van der Waals surface area contributed by atoms with Crippen molar-refractivity contribution in [3.05, 3.63) is 58.6 Å². The summed E-state index contributed by atoms with van der Waals surface area (Å²) in [6, 6.07) is 12.2. The van der Waals surface area contributed by atoms with Gasteiger partial charge in [0.1, 0.15) is 0 Å². The molecule has 2 fully saturated rings. The summed E-state index contributed by atoms with van der Waals surface area (Å²) in [5.41, 5.74) is 4.08. The van der Waals surface area contributed by atoms with Crippen molar-refractivity contribution in [3.63, 3.8) is 0 Å². The molecule has 2 aliphatic heterocycles. The van der Waals surface area contributed by atoms with Crippen LogP contribution >= 0.6 is 11.8 Å². The molecule has 168 valence electrons. The first-order chi connectivity index (χ1) is 15.3. The van der Waals surface area contributed by atoms with E-state index in [2.05, 4.69) is 54.9 Å². The Morgan fingerprint density at radius 2 is 1.78 bits per heavy atom. The lowest BCUT2D eigenvalue weighted by Crippen LogP contribution is -2.42. The third-order valence-electron chi connectivity index (χ3n) is 5.75. The number of carbonyl (C=O) groups excluding carboxylic acids is 2. The first-order valence-electron chi connectivity index (χ1n) is 10.9. The van der Waals surface area contributed by atoms with Crippen molar-refractivity contribution in [1.82, 2.24) is 14.8 Å². The number of aromatic nitrogens is 1. The zero-order chi connectivity index (χ0) is 22.7. The Bertz CT molecular complexity index is 1020. The van der Waals surface area contributed by atoms with Crippen molar-refractivity contribution in [1.29, 1.82) is 0 Å². The maximum absolute atomic E-state index is 12.8. The summed E-state index contributed by atoms with van der Waals surface area (Å²) in [6.07, 6.45) is 3.52. The number of nitrogens with zero attached hydrogens (tertiary/aromatic N) is 3. The van der Waals surface area contributed by atoms with Crippen molar-refractivity contribution >= 4 is 29.0 Å². The molecule has 2 saturated heterocycles. The molecule has 1 aromatic carbocycles. The molecule has 4 rings (SSSR count). The van der Waals surface area contributed by atoms with Crippen molar-refractivity contribution in [2.24, 2.45) is 0 Å². The highest BCUT2D eigenvalue weighted by Crippen LogP contribution is 2.33. The van der Waals surface area contributed by atoms with Crippen molar-refractivity contribution in [2.45, 2.75) is 26.2 Å². The van der Waals surface area contributed by atoms with Crippen molar-refractivity contribution < 1.29 is 14.3 Å². The predicted molar refractivity (Wildman–Crippen MR) is 128 cm³/mol. The van der Waals surface area contributed by atoms with E-state index in [-0.39, 0.29) is 16.6 Å². The van der Waals surface area contributed by atoms with Gasteiger partial charge in [-0.3, -0.25) is 24.4 Å². The van der Waals surface area contributed by atoms with Crippen LogP contribution in [0.2, 0.25) is 0 Å². The number of carbonyl (C=O) groups is 2. The fourth-order valence-corrected chi connectivity index (χ4v) is 4.61. The van der Waals surface area contributed by atoms with E-state index in [9.17, 15) is 9.59 Å². The van der Waals surface area contributed by atoms with Gasteiger partial charge in [0.05, 0.1) is 23.8 Å². The third kappa shape index (κ3) is 5.28. The fourth-order valence-electron chi connectivity index (χ4n) is 3.75. The number of hydrogen-bond donors (Lipinski definition) is 0. The van der Waals surface area contributed by atoms with Crippen LogP contribution in [-0.4, -0.2) is 65.3 Å². The van der Waals surface area contributed by atoms with Crippen molar-refractivity contribution in [3.8, 4) is 11.3 Å². The minimum atomic E-state index is -0.221. The molecular weight excluding hydrogens is 422 g/mol. The van der Waals surface area contributed by atoms with Gasteiger partial charge in [0.2, 0.25) is 0 Å². The monoisotopic (exact) mass is 451 g/mol. The Hall–Kier alpha value is -2.48. The van der Waals surface area contributed by atoms with E-state index in [4.69, 9.17) is 4.74 Å². The second-order valence-corrected chi connectivity index (χ2v) is 10.1. The van der Waals surface area contributed by atoms with Crippen LogP contribution in [0, 0.1) is 0 Å². The smallest absolute Gasteiger partial charge is 0.293 e. The zero-order valence-electron chi connectivity index (χ0n) is 18.8. The number of imide groups is 1. The molecule has 0 aliphatic carbocycles. The Labute approximate surface area is 193 Å². The third-order valence-corrected chi connectivity index (χ3v) is 6.65. The SMILES string of the molecule is CC(C)(C)c1ccc(-c2cc(/C=C3\SC(=O)N(CCN4CCOCC4)C3=O)ccn2)cc1. The molecular formula is C25H29N3O3S. The summed E-state index contributed by atoms with van der Waals surface area (Å²) < 4.78 is 5.35. The number of amides is 2. The Morgan fingerprint density at radius 3 is 2.47 bits per heavy atom. The lowest BCUT2D eigenvalue weighted by atomic mass is 9.86. The van der Waals surface area contributed by atoms with Crippen LogP contribution in [0.4, 0.5) is 4.79 Å². The van der Waals surface area contributed by atoms with E-state index in [1.807, 2.05) is 12.1 Å². The highest BCUT2D eigenvalue weighted by molar-refractivity contribution is 8.18. The first kappa shape index (κ1) is 22.7. The summed E-state index contributed by atoms with van der Waals surface area (Å²) in [5, 5.41) is -0.207. The molecule has 0 radical (unpaired) electrons. The average Bonchev–Trinajstić information content (AvgIpc) is 3.05. The van der Waals surface area contributed by atoms with Gasteiger partial charge in [-0.25, -0.2) is 0 Å². The number of thioether (sulfide) groups is 1. The molecule has 0 atom stereocenters. The van der Waals surface area contributed by atoms with Gasteiger partial charge in [-0.2, -0.15) is 0 Å². The van der Waals surface area contributed by atoms with Gasteiger partial charge >= 0.3 is 0 Å². The first-order valence-corrected chi connectivity index (χ1v) is 11.8. The Kier molecular flexibility index (Phi) is 6.79. The number of morpholine rings is 1. The van der Waals surface area contributed by atoms with Crippen LogP contribution in [0.3, 0.4) is 0 Å². The molecule has 7 heteroatoms. The molecule has 0 spiro atoms. The molecule has 2 aromatic rings. The Morgan fingerprint density at radius 1 is 1.06 bits per heavy atom. The molecule has 2 amide bonds. The van der Waals surface area contributed by atoms with E-state index in [0.717, 1.165) is 41.7 Å². The lowest BCUT2D eigenvalue weighted by Gasteiger charge is -2.27. The average molecular weight is 452 g/mol. The molecule has 1 aromatic heterocycles. The van der Waals surface area contributed by atoms with Gasteiger partial charge in [-0.05, 0) is 46.5 Å². The van der Waals surface area contributed by atoms with E-state index in [1.165, 1.54) is 10.5 Å². The van der Waals surface area contributed by atoms with Gasteiger partial charge in [0, 0.05) is 37.9 Å². The Balaban J connectivity index is 1.46. The fraction of sp³-hybridized carbons (Fsp3) is 0.400. The van der Waals surface area contributed by atoms with Gasteiger partial charge in [-0.15, -0.1) is 0 Å². The second-order valence-electron chi connectivity index (χ2n) is 9.09.